The van der Waals surface area contributed by atoms with Gasteiger partial charge in [0, 0.05) is 10.5 Å². The van der Waals surface area contributed by atoms with Crippen LogP contribution in [0.25, 0.3) is 0 Å². The van der Waals surface area contributed by atoms with E-state index in [2.05, 4.69) is 27.9 Å². The molecule has 3 N–H and O–H groups in total. The summed E-state index contributed by atoms with van der Waals surface area (Å²) in [6.45, 7) is 5.89. The molecule has 1 aromatic rings. The molecule has 16 heavy (non-hydrogen) atoms. The first-order valence-electron chi connectivity index (χ1n) is 5.10. The van der Waals surface area contributed by atoms with E-state index in [0.29, 0.717) is 5.02 Å². The van der Waals surface area contributed by atoms with Crippen LogP contribution in [-0.4, -0.2) is 0 Å². The molecule has 0 fully saturated rings. The summed E-state index contributed by atoms with van der Waals surface area (Å²) in [5, 5.41) is 0.715. The van der Waals surface area contributed by atoms with Crippen LogP contribution in [0.3, 0.4) is 0 Å². The molecular formula is C12H16BrClN2. The molecule has 0 saturated carbocycles. The summed E-state index contributed by atoms with van der Waals surface area (Å²) in [7, 11) is 0. The molecular weight excluding hydrogens is 288 g/mol. The van der Waals surface area contributed by atoms with Crippen LogP contribution in [0.4, 0.5) is 0 Å². The zero-order valence-electron chi connectivity index (χ0n) is 9.26. The molecule has 0 spiro atoms. The lowest BCUT2D eigenvalue weighted by molar-refractivity contribution is 0.515. The van der Waals surface area contributed by atoms with Crippen molar-refractivity contribution in [2.24, 2.45) is 5.84 Å². The summed E-state index contributed by atoms with van der Waals surface area (Å²) in [5.74, 6) is 5.56. The van der Waals surface area contributed by atoms with E-state index >= 15 is 0 Å². The van der Waals surface area contributed by atoms with Crippen LogP contribution in [0.15, 0.2) is 34.8 Å². The summed E-state index contributed by atoms with van der Waals surface area (Å²) in [6.07, 6.45) is 1.82. The minimum absolute atomic E-state index is 0.0571. The van der Waals surface area contributed by atoms with E-state index in [1.807, 2.05) is 25.1 Å². The molecule has 1 atom stereocenters. The fourth-order valence-corrected chi connectivity index (χ4v) is 2.15. The van der Waals surface area contributed by atoms with Gasteiger partial charge in [-0.25, -0.2) is 0 Å². The Hall–Kier alpha value is -0.350. The number of halogens is 2. The SMILES string of the molecule is C=C(C)CCC(NN)c1cccc(Br)c1Cl. The van der Waals surface area contributed by atoms with Gasteiger partial charge in [-0.3, -0.25) is 11.3 Å². The topological polar surface area (TPSA) is 38.0 Å². The van der Waals surface area contributed by atoms with Crippen molar-refractivity contribution in [2.75, 3.05) is 0 Å². The summed E-state index contributed by atoms with van der Waals surface area (Å²) in [6, 6.07) is 5.91. The maximum atomic E-state index is 6.22. The average Bonchev–Trinajstić information content (AvgIpc) is 2.24. The Labute approximate surface area is 110 Å². The maximum absolute atomic E-state index is 6.22. The van der Waals surface area contributed by atoms with E-state index in [9.17, 15) is 0 Å². The summed E-state index contributed by atoms with van der Waals surface area (Å²) in [5.41, 5.74) is 4.95. The molecule has 0 aliphatic heterocycles. The minimum atomic E-state index is 0.0571. The Morgan fingerprint density at radius 1 is 1.62 bits per heavy atom. The molecule has 0 amide bonds. The average molecular weight is 304 g/mol. The largest absolute Gasteiger partial charge is 0.271 e. The minimum Gasteiger partial charge on any atom is -0.271 e. The van der Waals surface area contributed by atoms with Gasteiger partial charge < -0.3 is 0 Å². The van der Waals surface area contributed by atoms with Gasteiger partial charge >= 0.3 is 0 Å². The first-order chi connectivity index (χ1) is 7.56. The zero-order chi connectivity index (χ0) is 12.1. The lowest BCUT2D eigenvalue weighted by Crippen LogP contribution is -2.28. The normalized spacial score (nSPS) is 12.5. The maximum Gasteiger partial charge on any atom is 0.0596 e. The van der Waals surface area contributed by atoms with Gasteiger partial charge in [-0.2, -0.15) is 0 Å². The highest BCUT2D eigenvalue weighted by molar-refractivity contribution is 9.10. The van der Waals surface area contributed by atoms with E-state index in [-0.39, 0.29) is 6.04 Å². The highest BCUT2D eigenvalue weighted by Gasteiger charge is 2.14. The van der Waals surface area contributed by atoms with Crippen molar-refractivity contribution >= 4 is 27.5 Å². The van der Waals surface area contributed by atoms with Crippen LogP contribution < -0.4 is 11.3 Å². The van der Waals surface area contributed by atoms with Crippen LogP contribution in [0, 0.1) is 0 Å². The number of nitrogens with two attached hydrogens (primary N) is 1. The molecule has 1 aromatic carbocycles. The molecule has 88 valence electrons. The van der Waals surface area contributed by atoms with Crippen molar-refractivity contribution in [1.82, 2.24) is 5.43 Å². The molecule has 0 aromatic heterocycles. The van der Waals surface area contributed by atoms with Crippen LogP contribution in [0.1, 0.15) is 31.4 Å². The Bertz CT molecular complexity index is 379. The highest BCUT2D eigenvalue weighted by Crippen LogP contribution is 2.32. The third-order valence-corrected chi connectivity index (χ3v) is 3.73. The van der Waals surface area contributed by atoms with Crippen molar-refractivity contribution in [2.45, 2.75) is 25.8 Å². The molecule has 0 aliphatic rings. The van der Waals surface area contributed by atoms with Crippen molar-refractivity contribution in [3.8, 4) is 0 Å². The number of rotatable bonds is 5. The molecule has 0 aliphatic carbocycles. The number of hydrazine groups is 1. The molecule has 0 bridgehead atoms. The lowest BCUT2D eigenvalue weighted by Gasteiger charge is -2.18. The Kier molecular flexibility index (Phi) is 5.49. The number of hydrogen-bond acceptors (Lipinski definition) is 2. The first-order valence-corrected chi connectivity index (χ1v) is 6.27. The lowest BCUT2D eigenvalue weighted by atomic mass is 10.0. The first kappa shape index (κ1) is 13.7. The molecule has 0 radical (unpaired) electrons. The third-order valence-electron chi connectivity index (χ3n) is 2.42. The molecule has 1 unspecified atom stereocenters. The van der Waals surface area contributed by atoms with Crippen molar-refractivity contribution < 1.29 is 0 Å². The molecule has 0 heterocycles. The predicted octanol–water partition coefficient (Wildman–Crippen LogP) is 3.96. The van der Waals surface area contributed by atoms with Crippen molar-refractivity contribution in [1.29, 1.82) is 0 Å². The molecule has 4 heteroatoms. The second-order valence-corrected chi connectivity index (χ2v) is 5.09. The molecule has 0 saturated heterocycles. The van der Waals surface area contributed by atoms with Gasteiger partial charge in [0.1, 0.15) is 0 Å². The summed E-state index contributed by atoms with van der Waals surface area (Å²) in [4.78, 5) is 0. The molecule has 1 rings (SSSR count). The second-order valence-electron chi connectivity index (χ2n) is 3.86. The number of allylic oxidation sites excluding steroid dienone is 1. The monoisotopic (exact) mass is 302 g/mol. The van der Waals surface area contributed by atoms with Crippen LogP contribution in [-0.2, 0) is 0 Å². The Morgan fingerprint density at radius 3 is 2.88 bits per heavy atom. The van der Waals surface area contributed by atoms with E-state index in [0.717, 1.165) is 28.5 Å². The van der Waals surface area contributed by atoms with Gasteiger partial charge in [0.05, 0.1) is 5.02 Å². The molecule has 2 nitrogen and oxygen atoms in total. The standard InChI is InChI=1S/C12H16BrClN2/c1-8(2)6-7-11(16-15)9-4-3-5-10(13)12(9)14/h3-5,11,16H,1,6-7,15H2,2H3. The van der Waals surface area contributed by atoms with Gasteiger partial charge in [0.2, 0.25) is 0 Å². The van der Waals surface area contributed by atoms with Gasteiger partial charge in [-0.15, -0.1) is 6.58 Å². The number of benzene rings is 1. The van der Waals surface area contributed by atoms with Crippen LogP contribution >= 0.6 is 27.5 Å². The summed E-state index contributed by atoms with van der Waals surface area (Å²) >= 11 is 9.62. The number of hydrogen-bond donors (Lipinski definition) is 2. The number of nitrogens with one attached hydrogen (secondary N) is 1. The van der Waals surface area contributed by atoms with E-state index < -0.39 is 0 Å². The fourth-order valence-electron chi connectivity index (χ4n) is 1.51. The summed E-state index contributed by atoms with van der Waals surface area (Å²) < 4.78 is 0.891. The zero-order valence-corrected chi connectivity index (χ0v) is 11.6. The van der Waals surface area contributed by atoms with E-state index in [4.69, 9.17) is 17.4 Å². The van der Waals surface area contributed by atoms with Crippen molar-refractivity contribution in [3.05, 3.63) is 45.4 Å². The second kappa shape index (κ2) is 6.40. The van der Waals surface area contributed by atoms with Gasteiger partial charge in [-0.1, -0.05) is 29.3 Å². The van der Waals surface area contributed by atoms with Crippen LogP contribution in [0.5, 0.6) is 0 Å². The van der Waals surface area contributed by atoms with E-state index in [1.54, 1.807) is 0 Å². The Morgan fingerprint density at radius 2 is 2.31 bits per heavy atom. The van der Waals surface area contributed by atoms with Gasteiger partial charge in [-0.05, 0) is 47.3 Å². The predicted molar refractivity (Wildman–Crippen MR) is 73.3 cm³/mol. The fraction of sp³-hybridized carbons (Fsp3) is 0.333. The van der Waals surface area contributed by atoms with E-state index in [1.165, 1.54) is 0 Å². The quantitative estimate of drug-likeness (QED) is 0.491. The third kappa shape index (κ3) is 3.59. The highest BCUT2D eigenvalue weighted by atomic mass is 79.9. The smallest absolute Gasteiger partial charge is 0.0596 e. The van der Waals surface area contributed by atoms with Crippen molar-refractivity contribution in [3.63, 3.8) is 0 Å². The Balaban J connectivity index is 2.86. The van der Waals surface area contributed by atoms with Gasteiger partial charge in [0.25, 0.3) is 0 Å². The van der Waals surface area contributed by atoms with Crippen LogP contribution in [0.2, 0.25) is 5.02 Å². The van der Waals surface area contributed by atoms with Gasteiger partial charge in [0.15, 0.2) is 0 Å².